The number of anilines is 1. The van der Waals surface area contributed by atoms with Crippen LogP contribution in [-0.4, -0.2) is 37.8 Å². The van der Waals surface area contributed by atoms with Crippen LogP contribution in [-0.2, 0) is 9.59 Å². The van der Waals surface area contributed by atoms with Crippen molar-refractivity contribution >= 4 is 49.8 Å². The summed E-state index contributed by atoms with van der Waals surface area (Å²) in [4.78, 5) is 38.5. The fourth-order valence-electron chi connectivity index (χ4n) is 5.56. The normalized spacial score (nSPS) is 16.7. The van der Waals surface area contributed by atoms with E-state index in [1.807, 2.05) is 86.8 Å². The van der Waals surface area contributed by atoms with Crippen LogP contribution in [0, 0.1) is 27.7 Å². The molecule has 0 radical (unpaired) electrons. The number of amides is 1. The molecule has 1 aliphatic rings. The summed E-state index contributed by atoms with van der Waals surface area (Å²) in [6, 6.07) is 14.3. The highest BCUT2D eigenvalue weighted by atomic mass is 32.1. The van der Waals surface area contributed by atoms with Gasteiger partial charge in [-0.15, -0.1) is 0 Å². The number of benzene rings is 2. The SMILES string of the molecule is CCCCOc1ccc(C2C(=C(O)c3nc4c(C)cccn4c3C)C(=O)C(=O)N2c2nc3c(C)cc(C)cc3s2)cc1. The number of aliphatic hydroxyl groups excluding tert-OH is 1. The number of unbranched alkanes of at least 4 members (excludes halogenated alkanes) is 1. The maximum atomic E-state index is 13.8. The largest absolute Gasteiger partial charge is 0.505 e. The van der Waals surface area contributed by atoms with Crippen LogP contribution in [0.3, 0.4) is 0 Å². The number of hydrogen-bond acceptors (Lipinski definition) is 7. The Balaban J connectivity index is 1.54. The van der Waals surface area contributed by atoms with Gasteiger partial charge in [0.05, 0.1) is 34.1 Å². The Morgan fingerprint density at radius 2 is 1.79 bits per heavy atom. The molecule has 42 heavy (non-hydrogen) atoms. The molecule has 0 saturated carbocycles. The van der Waals surface area contributed by atoms with Crippen molar-refractivity contribution in [3.8, 4) is 5.75 Å². The predicted octanol–water partition coefficient (Wildman–Crippen LogP) is 6.98. The molecule has 0 bridgehead atoms. The number of hydrogen-bond donors (Lipinski definition) is 1. The van der Waals surface area contributed by atoms with E-state index in [0.29, 0.717) is 34.4 Å². The number of rotatable bonds is 7. The van der Waals surface area contributed by atoms with E-state index in [1.54, 1.807) is 0 Å². The number of nitrogens with zero attached hydrogens (tertiary/aromatic N) is 4. The van der Waals surface area contributed by atoms with Crippen LogP contribution in [0.1, 0.15) is 59.4 Å². The van der Waals surface area contributed by atoms with Gasteiger partial charge in [-0.2, -0.15) is 0 Å². The molecule has 214 valence electrons. The fourth-order valence-corrected chi connectivity index (χ4v) is 6.73. The predicted molar refractivity (Wildman–Crippen MR) is 165 cm³/mol. The van der Waals surface area contributed by atoms with E-state index < -0.39 is 17.7 Å². The van der Waals surface area contributed by atoms with Crippen LogP contribution in [0.5, 0.6) is 5.75 Å². The van der Waals surface area contributed by atoms with Crippen LogP contribution in [0.15, 0.2) is 60.3 Å². The number of carbonyl (C=O) groups excluding carboxylic acids is 2. The average Bonchev–Trinajstić information content (AvgIpc) is 3.62. The number of aryl methyl sites for hydroxylation is 4. The number of fused-ring (bicyclic) bond motifs is 2. The Labute approximate surface area is 247 Å². The minimum absolute atomic E-state index is 0.0176. The number of carbonyl (C=O) groups is 2. The number of Topliss-reactive ketones (excluding diaryl/α,β-unsaturated/α-hetero) is 1. The van der Waals surface area contributed by atoms with Crippen molar-refractivity contribution in [2.24, 2.45) is 0 Å². The highest BCUT2D eigenvalue weighted by Crippen LogP contribution is 2.45. The second-order valence-corrected chi connectivity index (χ2v) is 11.8. The van der Waals surface area contributed by atoms with Crippen molar-refractivity contribution in [1.29, 1.82) is 0 Å². The van der Waals surface area contributed by atoms with Crippen LogP contribution in [0.2, 0.25) is 0 Å². The summed E-state index contributed by atoms with van der Waals surface area (Å²) in [5.41, 5.74) is 6.04. The summed E-state index contributed by atoms with van der Waals surface area (Å²) in [7, 11) is 0. The zero-order valence-corrected chi connectivity index (χ0v) is 25.1. The van der Waals surface area contributed by atoms with E-state index in [9.17, 15) is 14.7 Å². The zero-order valence-electron chi connectivity index (χ0n) is 24.3. The molecule has 4 heterocycles. The van der Waals surface area contributed by atoms with Crippen molar-refractivity contribution in [2.45, 2.75) is 53.5 Å². The number of ether oxygens (including phenoxy) is 1. The third-order valence-electron chi connectivity index (χ3n) is 7.74. The van der Waals surface area contributed by atoms with E-state index in [0.717, 1.165) is 39.7 Å². The highest BCUT2D eigenvalue weighted by Gasteiger charge is 2.48. The van der Waals surface area contributed by atoms with E-state index in [2.05, 4.69) is 6.92 Å². The first-order valence-corrected chi connectivity index (χ1v) is 14.9. The number of pyridine rings is 1. The second kappa shape index (κ2) is 10.7. The summed E-state index contributed by atoms with van der Waals surface area (Å²) in [6.07, 6.45) is 3.83. The molecule has 1 amide bonds. The summed E-state index contributed by atoms with van der Waals surface area (Å²) in [6.45, 7) is 10.5. The quantitative estimate of drug-likeness (QED) is 0.0965. The van der Waals surface area contributed by atoms with Crippen LogP contribution >= 0.6 is 11.3 Å². The van der Waals surface area contributed by atoms with Crippen molar-refractivity contribution in [3.05, 3.63) is 93.9 Å². The summed E-state index contributed by atoms with van der Waals surface area (Å²) < 4.78 is 8.65. The van der Waals surface area contributed by atoms with Gasteiger partial charge in [0.25, 0.3) is 5.78 Å². The van der Waals surface area contributed by atoms with Crippen molar-refractivity contribution < 1.29 is 19.4 Å². The molecular formula is C33H32N4O4S. The minimum atomic E-state index is -0.901. The molecular weight excluding hydrogens is 548 g/mol. The molecule has 0 aliphatic carbocycles. The first kappa shape index (κ1) is 27.7. The van der Waals surface area contributed by atoms with Gasteiger partial charge in [-0.25, -0.2) is 9.97 Å². The molecule has 1 unspecified atom stereocenters. The van der Waals surface area contributed by atoms with Gasteiger partial charge >= 0.3 is 5.91 Å². The average molecular weight is 581 g/mol. The number of ketones is 1. The number of aromatic nitrogens is 3. The lowest BCUT2D eigenvalue weighted by Gasteiger charge is -2.23. The molecule has 2 aromatic carbocycles. The number of thiazole rings is 1. The first-order chi connectivity index (χ1) is 20.2. The van der Waals surface area contributed by atoms with Crippen LogP contribution < -0.4 is 9.64 Å². The lowest BCUT2D eigenvalue weighted by atomic mass is 9.96. The Kier molecular flexibility index (Phi) is 7.06. The lowest BCUT2D eigenvalue weighted by Crippen LogP contribution is -2.29. The molecule has 9 heteroatoms. The lowest BCUT2D eigenvalue weighted by molar-refractivity contribution is -0.132. The Morgan fingerprint density at radius 3 is 2.50 bits per heavy atom. The zero-order chi connectivity index (χ0) is 29.7. The third kappa shape index (κ3) is 4.54. The van der Waals surface area contributed by atoms with Gasteiger partial charge in [-0.1, -0.05) is 48.9 Å². The van der Waals surface area contributed by atoms with E-state index >= 15 is 0 Å². The number of imidazole rings is 1. The smallest absolute Gasteiger partial charge is 0.301 e. The molecule has 3 aromatic heterocycles. The molecule has 1 aliphatic heterocycles. The molecule has 0 spiro atoms. The van der Waals surface area contributed by atoms with Gasteiger partial charge in [0.2, 0.25) is 0 Å². The van der Waals surface area contributed by atoms with Gasteiger partial charge in [-0.3, -0.25) is 14.5 Å². The van der Waals surface area contributed by atoms with Gasteiger partial charge in [0.1, 0.15) is 17.1 Å². The molecule has 5 aromatic rings. The summed E-state index contributed by atoms with van der Waals surface area (Å²) in [5.74, 6) is -1.13. The molecule has 6 rings (SSSR count). The molecule has 8 nitrogen and oxygen atoms in total. The highest BCUT2D eigenvalue weighted by molar-refractivity contribution is 7.22. The third-order valence-corrected chi connectivity index (χ3v) is 8.74. The second-order valence-electron chi connectivity index (χ2n) is 10.8. The van der Waals surface area contributed by atoms with Gasteiger partial charge in [0, 0.05) is 6.20 Å². The molecule has 1 N–H and O–H groups in total. The van der Waals surface area contributed by atoms with E-state index in [4.69, 9.17) is 14.7 Å². The minimum Gasteiger partial charge on any atom is -0.505 e. The Hall–Kier alpha value is -4.50. The Morgan fingerprint density at radius 1 is 1.02 bits per heavy atom. The topological polar surface area (TPSA) is 97.0 Å². The summed E-state index contributed by atoms with van der Waals surface area (Å²) in [5, 5.41) is 12.2. The van der Waals surface area contributed by atoms with Gasteiger partial charge in [0.15, 0.2) is 10.9 Å². The van der Waals surface area contributed by atoms with E-state index in [-0.39, 0.29) is 17.0 Å². The summed E-state index contributed by atoms with van der Waals surface area (Å²) >= 11 is 1.36. The fraction of sp³-hybridized carbons (Fsp3) is 0.273. The molecule has 1 saturated heterocycles. The monoisotopic (exact) mass is 580 g/mol. The van der Waals surface area contributed by atoms with Crippen molar-refractivity contribution in [1.82, 2.24) is 14.4 Å². The van der Waals surface area contributed by atoms with E-state index in [1.165, 1.54) is 16.2 Å². The Bertz CT molecular complexity index is 1900. The van der Waals surface area contributed by atoms with Gasteiger partial charge < -0.3 is 14.2 Å². The first-order valence-electron chi connectivity index (χ1n) is 14.1. The maximum Gasteiger partial charge on any atom is 0.301 e. The standard InChI is InChI=1S/C33H32N4O4S/c1-6-7-15-41-23-12-10-22(11-13-23)28-25(29(38)27-21(5)36-14-8-9-19(3)31(36)34-27)30(39)32(40)37(28)33-35-26-20(4)16-18(2)17-24(26)42-33/h8-14,16-17,28,38H,6-7,15H2,1-5H3. The van der Waals surface area contributed by atoms with Crippen molar-refractivity contribution in [2.75, 3.05) is 11.5 Å². The van der Waals surface area contributed by atoms with Crippen LogP contribution in [0.4, 0.5) is 5.13 Å². The molecule has 1 atom stereocenters. The maximum absolute atomic E-state index is 13.8. The van der Waals surface area contributed by atoms with Crippen molar-refractivity contribution in [3.63, 3.8) is 0 Å². The van der Waals surface area contributed by atoms with Crippen LogP contribution in [0.25, 0.3) is 21.6 Å². The molecule has 1 fully saturated rings. The van der Waals surface area contributed by atoms with Gasteiger partial charge in [-0.05, 0) is 80.6 Å². The number of aliphatic hydroxyl groups is 1.